The van der Waals surface area contributed by atoms with Crippen LogP contribution in [0.5, 0.6) is 5.75 Å². The third-order valence-electron chi connectivity index (χ3n) is 2.75. The molecule has 19 heavy (non-hydrogen) atoms. The van der Waals surface area contributed by atoms with Gasteiger partial charge < -0.3 is 10.1 Å². The molecule has 1 amide bonds. The number of amides is 1. The van der Waals surface area contributed by atoms with E-state index in [0.29, 0.717) is 12.3 Å². The monoisotopic (exact) mass is 284 g/mol. The van der Waals surface area contributed by atoms with E-state index in [1.807, 2.05) is 6.92 Å². The Labute approximate surface area is 116 Å². The van der Waals surface area contributed by atoms with E-state index in [9.17, 15) is 9.18 Å². The number of thioether (sulfide) groups is 1. The number of rotatable bonds is 5. The van der Waals surface area contributed by atoms with Gasteiger partial charge in [0.25, 0.3) is 0 Å². The number of hydrogen-bond acceptors (Lipinski definition) is 4. The third kappa shape index (κ3) is 4.40. The molecule has 4 nitrogen and oxygen atoms in total. The molecule has 2 N–H and O–H groups in total. The lowest BCUT2D eigenvalue weighted by atomic mass is 10.3. The SMILES string of the molecule is CC(CNC(=O)C1CSCN1)Oc1ccc(F)cc1. The Balaban J connectivity index is 1.73. The smallest absolute Gasteiger partial charge is 0.238 e. The lowest BCUT2D eigenvalue weighted by Crippen LogP contribution is -2.44. The van der Waals surface area contributed by atoms with Gasteiger partial charge in [-0.05, 0) is 31.2 Å². The van der Waals surface area contributed by atoms with Crippen LogP contribution >= 0.6 is 11.8 Å². The maximum atomic E-state index is 12.7. The summed E-state index contributed by atoms with van der Waals surface area (Å²) in [6, 6.07) is 5.73. The first kappa shape index (κ1) is 14.1. The number of ether oxygens (including phenoxy) is 1. The maximum absolute atomic E-state index is 12.7. The van der Waals surface area contributed by atoms with Gasteiger partial charge in [-0.25, -0.2) is 4.39 Å². The van der Waals surface area contributed by atoms with Crippen LogP contribution in [0.3, 0.4) is 0 Å². The Bertz CT molecular complexity index is 421. The summed E-state index contributed by atoms with van der Waals surface area (Å²) >= 11 is 1.71. The lowest BCUT2D eigenvalue weighted by molar-refractivity contribution is -0.122. The highest BCUT2D eigenvalue weighted by atomic mass is 32.2. The number of nitrogens with one attached hydrogen (secondary N) is 2. The average Bonchev–Trinajstić information content (AvgIpc) is 2.93. The number of benzene rings is 1. The second kappa shape index (κ2) is 6.77. The first-order chi connectivity index (χ1) is 9.15. The standard InChI is InChI=1S/C13H17FN2O2S/c1-9(18-11-4-2-10(14)3-5-11)6-15-13(17)12-7-19-8-16-12/h2-5,9,12,16H,6-8H2,1H3,(H,15,17). The highest BCUT2D eigenvalue weighted by Gasteiger charge is 2.22. The van der Waals surface area contributed by atoms with E-state index in [4.69, 9.17) is 4.74 Å². The van der Waals surface area contributed by atoms with Crippen molar-refractivity contribution >= 4 is 17.7 Å². The minimum atomic E-state index is -0.293. The van der Waals surface area contributed by atoms with Gasteiger partial charge in [0, 0.05) is 11.6 Å². The molecule has 1 aliphatic heterocycles. The molecule has 0 bridgehead atoms. The fourth-order valence-electron chi connectivity index (χ4n) is 1.72. The van der Waals surface area contributed by atoms with Gasteiger partial charge in [-0.15, -0.1) is 11.8 Å². The quantitative estimate of drug-likeness (QED) is 0.857. The largest absolute Gasteiger partial charge is 0.489 e. The zero-order valence-electron chi connectivity index (χ0n) is 10.7. The number of hydrogen-bond donors (Lipinski definition) is 2. The fourth-order valence-corrected chi connectivity index (χ4v) is 2.66. The Morgan fingerprint density at radius 1 is 1.58 bits per heavy atom. The van der Waals surface area contributed by atoms with Gasteiger partial charge in [0.1, 0.15) is 17.7 Å². The molecule has 0 aromatic heterocycles. The molecular weight excluding hydrogens is 267 g/mol. The van der Waals surface area contributed by atoms with Crippen LogP contribution in [0.2, 0.25) is 0 Å². The van der Waals surface area contributed by atoms with Gasteiger partial charge >= 0.3 is 0 Å². The summed E-state index contributed by atoms with van der Waals surface area (Å²) in [5, 5.41) is 5.95. The van der Waals surface area contributed by atoms with Crippen LogP contribution in [0, 0.1) is 5.82 Å². The first-order valence-electron chi connectivity index (χ1n) is 6.16. The topological polar surface area (TPSA) is 50.4 Å². The molecule has 2 unspecified atom stereocenters. The van der Waals surface area contributed by atoms with Crippen molar-refractivity contribution in [2.45, 2.75) is 19.1 Å². The Morgan fingerprint density at radius 2 is 2.32 bits per heavy atom. The van der Waals surface area contributed by atoms with Crippen LogP contribution < -0.4 is 15.4 Å². The molecule has 1 aromatic rings. The first-order valence-corrected chi connectivity index (χ1v) is 7.31. The van der Waals surface area contributed by atoms with Gasteiger partial charge in [-0.2, -0.15) is 0 Å². The Hall–Kier alpha value is -1.27. The van der Waals surface area contributed by atoms with E-state index in [0.717, 1.165) is 11.6 Å². The number of carbonyl (C=O) groups is 1. The van der Waals surface area contributed by atoms with Gasteiger partial charge in [0.15, 0.2) is 0 Å². The molecule has 1 fully saturated rings. The summed E-state index contributed by atoms with van der Waals surface area (Å²) in [6.45, 7) is 2.29. The van der Waals surface area contributed by atoms with E-state index in [1.54, 1.807) is 23.9 Å². The van der Waals surface area contributed by atoms with Crippen LogP contribution in [-0.2, 0) is 4.79 Å². The summed E-state index contributed by atoms with van der Waals surface area (Å²) in [5.74, 6) is 1.93. The molecule has 1 aliphatic rings. The molecule has 0 saturated carbocycles. The van der Waals surface area contributed by atoms with Crippen molar-refractivity contribution in [1.29, 1.82) is 0 Å². The third-order valence-corrected chi connectivity index (χ3v) is 3.69. The normalized spacial score (nSPS) is 20.0. The molecule has 1 aromatic carbocycles. The zero-order chi connectivity index (χ0) is 13.7. The van der Waals surface area contributed by atoms with Gasteiger partial charge in [-0.1, -0.05) is 0 Å². The van der Waals surface area contributed by atoms with Crippen molar-refractivity contribution in [3.05, 3.63) is 30.1 Å². The van der Waals surface area contributed by atoms with Crippen LogP contribution in [0.1, 0.15) is 6.92 Å². The molecule has 1 heterocycles. The van der Waals surface area contributed by atoms with Crippen molar-refractivity contribution in [1.82, 2.24) is 10.6 Å². The summed E-state index contributed by atoms with van der Waals surface area (Å²) in [7, 11) is 0. The minimum Gasteiger partial charge on any atom is -0.489 e. The molecular formula is C13H17FN2O2S. The molecule has 0 spiro atoms. The molecule has 104 valence electrons. The van der Waals surface area contributed by atoms with E-state index < -0.39 is 0 Å². The molecule has 1 saturated heterocycles. The predicted molar refractivity (Wildman–Crippen MR) is 73.7 cm³/mol. The number of halogens is 1. The summed E-state index contributed by atoms with van der Waals surface area (Å²) in [5.41, 5.74) is 0. The van der Waals surface area contributed by atoms with Gasteiger partial charge in [0.2, 0.25) is 5.91 Å². The van der Waals surface area contributed by atoms with Crippen molar-refractivity contribution < 1.29 is 13.9 Å². The molecule has 0 radical (unpaired) electrons. The summed E-state index contributed by atoms with van der Waals surface area (Å²) < 4.78 is 18.3. The highest BCUT2D eigenvalue weighted by molar-refractivity contribution is 7.99. The van der Waals surface area contributed by atoms with Crippen molar-refractivity contribution in [2.24, 2.45) is 0 Å². The zero-order valence-corrected chi connectivity index (χ0v) is 11.5. The summed E-state index contributed by atoms with van der Waals surface area (Å²) in [4.78, 5) is 11.8. The minimum absolute atomic E-state index is 0.000411. The Kier molecular flexibility index (Phi) is 5.04. The van der Waals surface area contributed by atoms with Gasteiger partial charge in [-0.3, -0.25) is 10.1 Å². The van der Waals surface area contributed by atoms with E-state index in [-0.39, 0.29) is 23.9 Å². The molecule has 0 aliphatic carbocycles. The number of carbonyl (C=O) groups excluding carboxylic acids is 1. The highest BCUT2D eigenvalue weighted by Crippen LogP contribution is 2.13. The lowest BCUT2D eigenvalue weighted by Gasteiger charge is -2.17. The predicted octanol–water partition coefficient (Wildman–Crippen LogP) is 1.37. The fraction of sp³-hybridized carbons (Fsp3) is 0.462. The molecule has 2 atom stereocenters. The van der Waals surface area contributed by atoms with Gasteiger partial charge in [0.05, 0.1) is 12.6 Å². The van der Waals surface area contributed by atoms with E-state index in [1.165, 1.54) is 12.1 Å². The van der Waals surface area contributed by atoms with Crippen LogP contribution in [0.15, 0.2) is 24.3 Å². The second-order valence-corrected chi connectivity index (χ2v) is 5.43. The Morgan fingerprint density at radius 3 is 2.95 bits per heavy atom. The van der Waals surface area contributed by atoms with E-state index >= 15 is 0 Å². The second-order valence-electron chi connectivity index (χ2n) is 4.40. The van der Waals surface area contributed by atoms with E-state index in [2.05, 4.69) is 10.6 Å². The summed E-state index contributed by atoms with van der Waals surface area (Å²) in [6.07, 6.45) is -0.163. The molecule has 2 rings (SSSR count). The van der Waals surface area contributed by atoms with Crippen LogP contribution in [0.4, 0.5) is 4.39 Å². The molecule has 6 heteroatoms. The average molecular weight is 284 g/mol. The van der Waals surface area contributed by atoms with Crippen molar-refractivity contribution in [3.8, 4) is 5.75 Å². The maximum Gasteiger partial charge on any atom is 0.238 e. The van der Waals surface area contributed by atoms with Crippen LogP contribution in [0.25, 0.3) is 0 Å². The van der Waals surface area contributed by atoms with Crippen LogP contribution in [-0.4, -0.2) is 36.2 Å². The van der Waals surface area contributed by atoms with Crippen molar-refractivity contribution in [3.63, 3.8) is 0 Å². The van der Waals surface area contributed by atoms with Crippen molar-refractivity contribution in [2.75, 3.05) is 18.2 Å².